The van der Waals surface area contributed by atoms with Crippen LogP contribution in [-0.4, -0.2) is 45.2 Å². The Morgan fingerprint density at radius 2 is 2.21 bits per heavy atom. The van der Waals surface area contributed by atoms with Gasteiger partial charge in [0.05, 0.1) is 6.54 Å². The average molecular weight is 286 g/mol. The van der Waals surface area contributed by atoms with Crippen LogP contribution in [0.1, 0.15) is 37.3 Å². The maximum Gasteiger partial charge on any atom is 0.219 e. The highest BCUT2D eigenvalue weighted by atomic mass is 35.5. The standard InChI is InChI=1S/C12H19N5O.ClH/c1-9(18)16-5-2-3-10(8-16)12-15-14-11-7-13-4-6-17(11)12;/h10,13H,2-8H2,1H3;1H. The summed E-state index contributed by atoms with van der Waals surface area (Å²) in [5, 5.41) is 11.9. The number of hydrogen-bond acceptors (Lipinski definition) is 4. The molecule has 0 bridgehead atoms. The van der Waals surface area contributed by atoms with Gasteiger partial charge in [0.2, 0.25) is 5.91 Å². The summed E-state index contributed by atoms with van der Waals surface area (Å²) in [5.74, 6) is 2.61. The zero-order valence-electron chi connectivity index (χ0n) is 11.1. The van der Waals surface area contributed by atoms with E-state index in [1.54, 1.807) is 6.92 Å². The minimum Gasteiger partial charge on any atom is -0.342 e. The molecule has 3 heterocycles. The van der Waals surface area contributed by atoms with Crippen LogP contribution < -0.4 is 5.32 Å². The first-order chi connectivity index (χ1) is 8.75. The van der Waals surface area contributed by atoms with Crippen LogP contribution in [0.2, 0.25) is 0 Å². The molecule has 1 fully saturated rings. The summed E-state index contributed by atoms with van der Waals surface area (Å²) >= 11 is 0. The number of hydrogen-bond donors (Lipinski definition) is 1. The molecule has 106 valence electrons. The second kappa shape index (κ2) is 5.88. The van der Waals surface area contributed by atoms with Crippen LogP contribution in [-0.2, 0) is 17.9 Å². The Morgan fingerprint density at radius 3 is 3.00 bits per heavy atom. The van der Waals surface area contributed by atoms with Gasteiger partial charge in [-0.15, -0.1) is 22.6 Å². The number of nitrogens with zero attached hydrogens (tertiary/aromatic N) is 4. The van der Waals surface area contributed by atoms with Crippen molar-refractivity contribution in [3.63, 3.8) is 0 Å². The Bertz CT molecular complexity index is 461. The van der Waals surface area contributed by atoms with E-state index in [1.165, 1.54) is 0 Å². The van der Waals surface area contributed by atoms with Crippen LogP contribution in [0.15, 0.2) is 0 Å². The number of halogens is 1. The van der Waals surface area contributed by atoms with Crippen molar-refractivity contribution in [1.82, 2.24) is 25.0 Å². The molecule has 6 nitrogen and oxygen atoms in total. The topological polar surface area (TPSA) is 63.1 Å². The minimum absolute atomic E-state index is 0. The fourth-order valence-electron chi connectivity index (χ4n) is 2.89. The maximum atomic E-state index is 11.5. The third-order valence-electron chi connectivity index (χ3n) is 3.88. The van der Waals surface area contributed by atoms with Crippen LogP contribution in [0.3, 0.4) is 0 Å². The van der Waals surface area contributed by atoms with Gasteiger partial charge < -0.3 is 14.8 Å². The van der Waals surface area contributed by atoms with Crippen molar-refractivity contribution in [3.05, 3.63) is 11.6 Å². The predicted octanol–water partition coefficient (Wildman–Crippen LogP) is 0.529. The number of likely N-dealkylation sites (tertiary alicyclic amines) is 1. The number of rotatable bonds is 1. The summed E-state index contributed by atoms with van der Waals surface area (Å²) < 4.78 is 2.23. The van der Waals surface area contributed by atoms with Crippen molar-refractivity contribution in [2.75, 3.05) is 19.6 Å². The maximum absolute atomic E-state index is 11.5. The van der Waals surface area contributed by atoms with E-state index in [9.17, 15) is 4.79 Å². The molecule has 3 rings (SSSR count). The molecule has 1 atom stereocenters. The summed E-state index contributed by atoms with van der Waals surface area (Å²) in [5.41, 5.74) is 0. The van der Waals surface area contributed by atoms with Gasteiger partial charge >= 0.3 is 0 Å². The van der Waals surface area contributed by atoms with Crippen molar-refractivity contribution in [3.8, 4) is 0 Å². The largest absolute Gasteiger partial charge is 0.342 e. The first-order valence-corrected chi connectivity index (χ1v) is 6.64. The van der Waals surface area contributed by atoms with Crippen molar-refractivity contribution >= 4 is 18.3 Å². The molecular formula is C12H20ClN5O. The van der Waals surface area contributed by atoms with Crippen LogP contribution in [0.4, 0.5) is 0 Å². The zero-order valence-corrected chi connectivity index (χ0v) is 11.9. The van der Waals surface area contributed by atoms with Crippen LogP contribution in [0.25, 0.3) is 0 Å². The summed E-state index contributed by atoms with van der Waals surface area (Å²) in [6.07, 6.45) is 2.17. The van der Waals surface area contributed by atoms with Crippen molar-refractivity contribution < 1.29 is 4.79 Å². The number of carbonyl (C=O) groups excluding carboxylic acids is 1. The van der Waals surface area contributed by atoms with Gasteiger partial charge in [-0.25, -0.2) is 0 Å². The normalized spacial score (nSPS) is 22.6. The second-order valence-corrected chi connectivity index (χ2v) is 5.11. The highest BCUT2D eigenvalue weighted by Crippen LogP contribution is 2.26. The molecule has 1 aromatic heterocycles. The number of piperidine rings is 1. The lowest BCUT2D eigenvalue weighted by Gasteiger charge is -2.32. The molecular weight excluding hydrogens is 266 g/mol. The highest BCUT2D eigenvalue weighted by molar-refractivity contribution is 5.85. The first kappa shape index (κ1) is 14.3. The fourth-order valence-corrected chi connectivity index (χ4v) is 2.89. The van der Waals surface area contributed by atoms with Gasteiger partial charge in [0.1, 0.15) is 11.6 Å². The fraction of sp³-hybridized carbons (Fsp3) is 0.750. The average Bonchev–Trinajstić information content (AvgIpc) is 2.82. The van der Waals surface area contributed by atoms with Crippen molar-refractivity contribution in [2.24, 2.45) is 0 Å². The number of nitrogens with one attached hydrogen (secondary N) is 1. The van der Waals surface area contributed by atoms with Gasteiger partial charge in [0, 0.05) is 39.0 Å². The monoisotopic (exact) mass is 285 g/mol. The predicted molar refractivity (Wildman–Crippen MR) is 73.2 cm³/mol. The highest BCUT2D eigenvalue weighted by Gasteiger charge is 2.28. The van der Waals surface area contributed by atoms with Gasteiger partial charge in [-0.2, -0.15) is 0 Å². The van der Waals surface area contributed by atoms with E-state index in [4.69, 9.17) is 0 Å². The molecule has 1 unspecified atom stereocenters. The van der Waals surface area contributed by atoms with E-state index in [0.717, 1.165) is 57.2 Å². The van der Waals surface area contributed by atoms with E-state index in [2.05, 4.69) is 20.1 Å². The molecule has 2 aliphatic heterocycles. The Labute approximate surface area is 119 Å². The quantitative estimate of drug-likeness (QED) is 0.818. The molecule has 7 heteroatoms. The first-order valence-electron chi connectivity index (χ1n) is 6.64. The van der Waals surface area contributed by atoms with Gasteiger partial charge in [0.25, 0.3) is 0 Å². The third-order valence-corrected chi connectivity index (χ3v) is 3.88. The molecule has 0 aromatic carbocycles. The molecule has 0 saturated carbocycles. The number of aromatic nitrogens is 3. The van der Waals surface area contributed by atoms with Gasteiger partial charge in [-0.05, 0) is 12.8 Å². The molecule has 0 spiro atoms. The molecule has 1 amide bonds. The molecule has 19 heavy (non-hydrogen) atoms. The summed E-state index contributed by atoms with van der Waals surface area (Å²) in [6, 6.07) is 0. The summed E-state index contributed by atoms with van der Waals surface area (Å²) in [6.45, 7) is 6.03. The number of amides is 1. The van der Waals surface area contributed by atoms with E-state index in [0.29, 0.717) is 5.92 Å². The minimum atomic E-state index is 0. The van der Waals surface area contributed by atoms with E-state index in [-0.39, 0.29) is 18.3 Å². The number of carbonyl (C=O) groups is 1. The number of fused-ring (bicyclic) bond motifs is 1. The molecule has 1 saturated heterocycles. The molecule has 0 radical (unpaired) electrons. The van der Waals surface area contributed by atoms with Gasteiger partial charge in [-0.1, -0.05) is 0 Å². The molecule has 1 N–H and O–H groups in total. The van der Waals surface area contributed by atoms with Crippen molar-refractivity contribution in [2.45, 2.75) is 38.8 Å². The molecule has 0 aliphatic carbocycles. The van der Waals surface area contributed by atoms with Gasteiger partial charge in [-0.3, -0.25) is 4.79 Å². The van der Waals surface area contributed by atoms with Crippen LogP contribution in [0, 0.1) is 0 Å². The van der Waals surface area contributed by atoms with Crippen LogP contribution in [0.5, 0.6) is 0 Å². The van der Waals surface area contributed by atoms with Crippen LogP contribution >= 0.6 is 12.4 Å². The van der Waals surface area contributed by atoms with E-state index < -0.39 is 0 Å². The summed E-state index contributed by atoms with van der Waals surface area (Å²) in [4.78, 5) is 13.4. The lowest BCUT2D eigenvalue weighted by molar-refractivity contribution is -0.130. The lowest BCUT2D eigenvalue weighted by atomic mass is 9.97. The molecule has 1 aromatic rings. The zero-order chi connectivity index (χ0) is 12.5. The Hall–Kier alpha value is -1.14. The third kappa shape index (κ3) is 2.74. The smallest absolute Gasteiger partial charge is 0.219 e. The Kier molecular flexibility index (Phi) is 4.42. The Morgan fingerprint density at radius 1 is 1.37 bits per heavy atom. The second-order valence-electron chi connectivity index (χ2n) is 5.11. The van der Waals surface area contributed by atoms with Crippen molar-refractivity contribution in [1.29, 1.82) is 0 Å². The van der Waals surface area contributed by atoms with E-state index in [1.807, 2.05) is 4.90 Å². The van der Waals surface area contributed by atoms with Gasteiger partial charge in [0.15, 0.2) is 0 Å². The lowest BCUT2D eigenvalue weighted by Crippen LogP contribution is -2.39. The summed E-state index contributed by atoms with van der Waals surface area (Å²) in [7, 11) is 0. The Balaban J connectivity index is 0.00000133. The van der Waals surface area contributed by atoms with E-state index >= 15 is 0 Å². The SMILES string of the molecule is CC(=O)N1CCCC(c2nnc3n2CCNC3)C1.Cl. The molecule has 2 aliphatic rings.